The summed E-state index contributed by atoms with van der Waals surface area (Å²) in [5, 5.41) is 14.3. The smallest absolute Gasteiger partial charge is 0.337 e. The SMILES string of the molecule is O=C(CNCC(=O)c1ccccc1)Nc1ccccc1C(=O)O. The molecule has 0 heterocycles. The van der Waals surface area contributed by atoms with Crippen LogP contribution >= 0.6 is 0 Å². The zero-order chi connectivity index (χ0) is 16.7. The third-order valence-corrected chi connectivity index (χ3v) is 3.10. The molecule has 0 saturated carbocycles. The number of para-hydroxylation sites is 1. The Kier molecular flexibility index (Phi) is 5.60. The zero-order valence-electron chi connectivity index (χ0n) is 12.3. The molecule has 118 valence electrons. The highest BCUT2D eigenvalue weighted by atomic mass is 16.4. The second kappa shape index (κ2) is 7.86. The van der Waals surface area contributed by atoms with Crippen molar-refractivity contribution in [2.45, 2.75) is 0 Å². The molecule has 0 spiro atoms. The molecule has 6 heteroatoms. The van der Waals surface area contributed by atoms with Crippen LogP contribution in [0.5, 0.6) is 0 Å². The summed E-state index contributed by atoms with van der Waals surface area (Å²) in [6, 6.07) is 14.9. The summed E-state index contributed by atoms with van der Waals surface area (Å²) in [5.41, 5.74) is 0.805. The van der Waals surface area contributed by atoms with E-state index in [1.807, 2.05) is 6.07 Å². The van der Waals surface area contributed by atoms with Gasteiger partial charge in [-0.1, -0.05) is 42.5 Å². The van der Waals surface area contributed by atoms with Gasteiger partial charge in [-0.05, 0) is 12.1 Å². The average Bonchev–Trinajstić information content (AvgIpc) is 2.56. The van der Waals surface area contributed by atoms with E-state index in [0.29, 0.717) is 5.56 Å². The molecule has 0 radical (unpaired) electrons. The standard InChI is InChI=1S/C17H16N2O4/c20-15(12-6-2-1-3-7-12)10-18-11-16(21)19-14-9-5-4-8-13(14)17(22)23/h1-9,18H,10-11H2,(H,19,21)(H,22,23). The molecule has 0 aliphatic carbocycles. The van der Waals surface area contributed by atoms with Crippen LogP contribution < -0.4 is 10.6 Å². The number of carboxylic acids is 1. The van der Waals surface area contributed by atoms with Gasteiger partial charge in [0.25, 0.3) is 0 Å². The minimum absolute atomic E-state index is 0.0150. The van der Waals surface area contributed by atoms with Crippen LogP contribution in [0.2, 0.25) is 0 Å². The van der Waals surface area contributed by atoms with Gasteiger partial charge in [0.15, 0.2) is 5.78 Å². The molecular weight excluding hydrogens is 296 g/mol. The molecule has 0 unspecified atom stereocenters. The number of amides is 1. The molecule has 2 rings (SSSR count). The van der Waals surface area contributed by atoms with Gasteiger partial charge in [0.2, 0.25) is 5.91 Å². The Labute approximate surface area is 133 Å². The maximum Gasteiger partial charge on any atom is 0.337 e. The van der Waals surface area contributed by atoms with E-state index in [1.165, 1.54) is 12.1 Å². The lowest BCUT2D eigenvalue weighted by molar-refractivity contribution is -0.115. The van der Waals surface area contributed by atoms with Gasteiger partial charge < -0.3 is 15.7 Å². The normalized spacial score (nSPS) is 10.1. The van der Waals surface area contributed by atoms with Crippen LogP contribution in [0.3, 0.4) is 0 Å². The predicted molar refractivity (Wildman–Crippen MR) is 85.7 cm³/mol. The average molecular weight is 312 g/mol. The maximum atomic E-state index is 11.9. The summed E-state index contributed by atoms with van der Waals surface area (Å²) < 4.78 is 0. The maximum absolute atomic E-state index is 11.9. The molecule has 23 heavy (non-hydrogen) atoms. The predicted octanol–water partition coefficient (Wildman–Crippen LogP) is 1.80. The number of rotatable bonds is 7. The fourth-order valence-electron chi connectivity index (χ4n) is 1.99. The van der Waals surface area contributed by atoms with Crippen molar-refractivity contribution >= 4 is 23.3 Å². The molecule has 0 aliphatic heterocycles. The van der Waals surface area contributed by atoms with E-state index in [1.54, 1.807) is 36.4 Å². The molecule has 1 amide bonds. The lowest BCUT2D eigenvalue weighted by atomic mass is 10.1. The largest absolute Gasteiger partial charge is 0.478 e. The van der Waals surface area contributed by atoms with E-state index < -0.39 is 11.9 Å². The number of nitrogens with one attached hydrogen (secondary N) is 2. The molecule has 3 N–H and O–H groups in total. The van der Waals surface area contributed by atoms with Crippen LogP contribution in [0.25, 0.3) is 0 Å². The molecule has 0 aromatic heterocycles. The van der Waals surface area contributed by atoms with E-state index in [4.69, 9.17) is 5.11 Å². The first-order valence-electron chi connectivity index (χ1n) is 6.99. The molecule has 0 saturated heterocycles. The summed E-state index contributed by atoms with van der Waals surface area (Å²) in [5.74, 6) is -1.66. The summed E-state index contributed by atoms with van der Waals surface area (Å²) in [7, 11) is 0. The Morgan fingerprint density at radius 3 is 2.22 bits per heavy atom. The number of carboxylic acid groups (broad SMARTS) is 1. The fraction of sp³-hybridized carbons (Fsp3) is 0.118. The Morgan fingerprint density at radius 1 is 0.870 bits per heavy atom. The molecular formula is C17H16N2O4. The number of hydrogen-bond acceptors (Lipinski definition) is 4. The van der Waals surface area contributed by atoms with E-state index >= 15 is 0 Å². The number of aromatic carboxylic acids is 1. The van der Waals surface area contributed by atoms with Gasteiger partial charge in [-0.25, -0.2) is 4.79 Å². The molecule has 0 aliphatic rings. The van der Waals surface area contributed by atoms with E-state index in [9.17, 15) is 14.4 Å². The van der Waals surface area contributed by atoms with Crippen molar-refractivity contribution in [3.05, 3.63) is 65.7 Å². The fourth-order valence-corrected chi connectivity index (χ4v) is 1.99. The second-order valence-electron chi connectivity index (χ2n) is 4.79. The summed E-state index contributed by atoms with van der Waals surface area (Å²) in [6.45, 7) is -0.0649. The van der Waals surface area contributed by atoms with E-state index in [-0.39, 0.29) is 30.1 Å². The quantitative estimate of drug-likeness (QED) is 0.678. The van der Waals surface area contributed by atoms with Gasteiger partial charge in [0.1, 0.15) is 0 Å². The van der Waals surface area contributed by atoms with E-state index in [0.717, 1.165) is 0 Å². The Morgan fingerprint density at radius 2 is 1.52 bits per heavy atom. The van der Waals surface area contributed by atoms with Crippen LogP contribution in [0.15, 0.2) is 54.6 Å². The highest BCUT2D eigenvalue weighted by Gasteiger charge is 2.12. The highest BCUT2D eigenvalue weighted by Crippen LogP contribution is 2.14. The van der Waals surface area contributed by atoms with Gasteiger partial charge in [0, 0.05) is 5.56 Å². The van der Waals surface area contributed by atoms with Gasteiger partial charge in [0.05, 0.1) is 24.3 Å². The highest BCUT2D eigenvalue weighted by molar-refractivity contribution is 6.01. The number of benzene rings is 2. The lowest BCUT2D eigenvalue weighted by Crippen LogP contribution is -2.32. The van der Waals surface area contributed by atoms with Crippen molar-refractivity contribution < 1.29 is 19.5 Å². The van der Waals surface area contributed by atoms with Gasteiger partial charge in [-0.15, -0.1) is 0 Å². The van der Waals surface area contributed by atoms with Crippen molar-refractivity contribution in [3.8, 4) is 0 Å². The van der Waals surface area contributed by atoms with Gasteiger partial charge in [-0.3, -0.25) is 9.59 Å². The Balaban J connectivity index is 1.84. The third-order valence-electron chi connectivity index (χ3n) is 3.10. The van der Waals surface area contributed by atoms with Crippen LogP contribution in [-0.4, -0.2) is 35.9 Å². The van der Waals surface area contributed by atoms with Crippen LogP contribution in [0, 0.1) is 0 Å². The zero-order valence-corrected chi connectivity index (χ0v) is 12.3. The number of carbonyl (C=O) groups is 3. The van der Waals surface area contributed by atoms with Crippen LogP contribution in [0.4, 0.5) is 5.69 Å². The van der Waals surface area contributed by atoms with Crippen LogP contribution in [0.1, 0.15) is 20.7 Å². The van der Waals surface area contributed by atoms with Crippen LogP contribution in [-0.2, 0) is 4.79 Å². The Bertz CT molecular complexity index is 714. The van der Waals surface area contributed by atoms with Gasteiger partial charge >= 0.3 is 5.97 Å². The van der Waals surface area contributed by atoms with Crippen molar-refractivity contribution in [2.24, 2.45) is 0 Å². The lowest BCUT2D eigenvalue weighted by Gasteiger charge is -2.09. The van der Waals surface area contributed by atoms with Crippen molar-refractivity contribution in [1.82, 2.24) is 5.32 Å². The first kappa shape index (κ1) is 16.4. The molecule has 2 aromatic rings. The number of anilines is 1. The molecule has 6 nitrogen and oxygen atoms in total. The summed E-state index contributed by atoms with van der Waals surface area (Å²) >= 11 is 0. The van der Waals surface area contributed by atoms with Gasteiger partial charge in [-0.2, -0.15) is 0 Å². The molecule has 0 atom stereocenters. The third kappa shape index (κ3) is 4.76. The topological polar surface area (TPSA) is 95.5 Å². The number of hydrogen-bond donors (Lipinski definition) is 3. The monoisotopic (exact) mass is 312 g/mol. The van der Waals surface area contributed by atoms with Crippen molar-refractivity contribution in [3.63, 3.8) is 0 Å². The van der Waals surface area contributed by atoms with E-state index in [2.05, 4.69) is 10.6 Å². The number of carbonyl (C=O) groups excluding carboxylic acids is 2. The number of ketones is 1. The van der Waals surface area contributed by atoms with Crippen molar-refractivity contribution in [2.75, 3.05) is 18.4 Å². The first-order valence-corrected chi connectivity index (χ1v) is 6.99. The summed E-state index contributed by atoms with van der Waals surface area (Å²) in [4.78, 5) is 34.7. The minimum atomic E-state index is -1.12. The molecule has 0 fully saturated rings. The first-order chi connectivity index (χ1) is 11.1. The molecule has 0 bridgehead atoms. The summed E-state index contributed by atoms with van der Waals surface area (Å²) in [6.07, 6.45) is 0. The Hall–Kier alpha value is -2.99. The van der Waals surface area contributed by atoms with Crippen molar-refractivity contribution in [1.29, 1.82) is 0 Å². The molecule has 2 aromatic carbocycles. The number of Topliss-reactive ketones (excluding diaryl/α,β-unsaturated/α-hetero) is 1. The second-order valence-corrected chi connectivity index (χ2v) is 4.79. The minimum Gasteiger partial charge on any atom is -0.478 e.